The first-order chi connectivity index (χ1) is 8.45. The summed E-state index contributed by atoms with van der Waals surface area (Å²) in [7, 11) is 1.31. The Hall–Kier alpha value is -1.13. The maximum absolute atomic E-state index is 11.0. The zero-order valence-corrected chi connectivity index (χ0v) is 11.3. The Bertz CT molecular complexity index is 333. The van der Waals surface area contributed by atoms with E-state index in [0.717, 1.165) is 12.8 Å². The number of rotatable bonds is 5. The number of carbonyl (C=O) groups excluding carboxylic acids is 1. The molecule has 3 atom stereocenters. The van der Waals surface area contributed by atoms with Crippen LogP contribution in [0, 0.1) is 5.92 Å². The maximum Gasteiger partial charge on any atom is 0.330 e. The van der Waals surface area contributed by atoms with Crippen LogP contribution in [0.1, 0.15) is 26.7 Å². The van der Waals surface area contributed by atoms with Crippen LogP contribution in [0.15, 0.2) is 24.3 Å². The van der Waals surface area contributed by atoms with Gasteiger partial charge in [-0.15, -0.1) is 0 Å². The first kappa shape index (κ1) is 14.9. The molecule has 0 aromatic carbocycles. The van der Waals surface area contributed by atoms with E-state index in [0.29, 0.717) is 11.5 Å². The maximum atomic E-state index is 11.0. The summed E-state index contributed by atoms with van der Waals surface area (Å²) in [5, 5.41) is 9.95. The normalized spacial score (nSPS) is 28.3. The molecule has 1 N–H and O–H groups in total. The van der Waals surface area contributed by atoms with Crippen LogP contribution in [-0.4, -0.2) is 36.5 Å². The summed E-state index contributed by atoms with van der Waals surface area (Å²) in [6, 6.07) is 0. The lowest BCUT2D eigenvalue weighted by Gasteiger charge is -2.12. The summed E-state index contributed by atoms with van der Waals surface area (Å²) >= 11 is 0. The number of esters is 1. The zero-order chi connectivity index (χ0) is 13.7. The molecule has 0 aromatic rings. The van der Waals surface area contributed by atoms with Crippen LogP contribution in [-0.2, 0) is 14.3 Å². The smallest absolute Gasteiger partial charge is 0.330 e. The van der Waals surface area contributed by atoms with E-state index in [2.05, 4.69) is 25.2 Å². The topological polar surface area (TPSA) is 55.8 Å². The highest BCUT2D eigenvalue weighted by atomic mass is 16.5. The van der Waals surface area contributed by atoms with Crippen molar-refractivity contribution in [2.75, 3.05) is 7.11 Å². The van der Waals surface area contributed by atoms with Gasteiger partial charge in [0.15, 0.2) is 0 Å². The number of methoxy groups -OCH3 is 1. The minimum atomic E-state index is -0.747. The largest absolute Gasteiger partial charge is 0.466 e. The van der Waals surface area contributed by atoms with E-state index in [1.807, 2.05) is 0 Å². The van der Waals surface area contributed by atoms with E-state index in [1.165, 1.54) is 19.3 Å². The Morgan fingerprint density at radius 2 is 2.28 bits per heavy atom. The van der Waals surface area contributed by atoms with Crippen molar-refractivity contribution < 1.29 is 19.4 Å². The fourth-order valence-corrected chi connectivity index (χ4v) is 1.88. The number of carbonyl (C=O) groups is 1. The van der Waals surface area contributed by atoms with Gasteiger partial charge in [0.1, 0.15) is 12.2 Å². The molecule has 18 heavy (non-hydrogen) atoms. The van der Waals surface area contributed by atoms with Crippen LogP contribution in [0.2, 0.25) is 0 Å². The van der Waals surface area contributed by atoms with Crippen molar-refractivity contribution in [3.05, 3.63) is 24.3 Å². The van der Waals surface area contributed by atoms with Gasteiger partial charge in [-0.05, 0) is 30.4 Å². The number of ether oxygens (including phenoxy) is 2. The van der Waals surface area contributed by atoms with Crippen LogP contribution in [0.4, 0.5) is 0 Å². The second-order valence-electron chi connectivity index (χ2n) is 4.96. The second-order valence-corrected chi connectivity index (χ2v) is 4.96. The van der Waals surface area contributed by atoms with Crippen molar-refractivity contribution in [1.82, 2.24) is 0 Å². The molecular formula is C14H22O4. The lowest BCUT2D eigenvalue weighted by atomic mass is 9.98. The van der Waals surface area contributed by atoms with E-state index in [9.17, 15) is 9.90 Å². The van der Waals surface area contributed by atoms with Gasteiger partial charge >= 0.3 is 5.97 Å². The molecular weight excluding hydrogens is 232 g/mol. The van der Waals surface area contributed by atoms with E-state index in [-0.39, 0.29) is 6.10 Å². The summed E-state index contributed by atoms with van der Waals surface area (Å²) in [4.78, 5) is 11.0. The summed E-state index contributed by atoms with van der Waals surface area (Å²) in [5.41, 5.74) is 0.690. The average molecular weight is 254 g/mol. The third-order valence-corrected chi connectivity index (χ3v) is 3.06. The molecule has 0 spiro atoms. The molecule has 0 aliphatic carbocycles. The number of aliphatic hydroxyl groups excluding tert-OH is 1. The standard InChI is InChI=1S/C14H22O4/c1-9(2)5-6-11-10(3)14(16)12(18-11)7-8-13(15)17-4/h7-9,11-12,14,16H,3,5-6H2,1-2,4H3/b8-7+/t11-,12-,14-/m0/s1. The highest BCUT2D eigenvalue weighted by Crippen LogP contribution is 2.29. The lowest BCUT2D eigenvalue weighted by molar-refractivity contribution is -0.134. The van der Waals surface area contributed by atoms with Gasteiger partial charge in [0.25, 0.3) is 0 Å². The van der Waals surface area contributed by atoms with Crippen molar-refractivity contribution in [3.8, 4) is 0 Å². The second kappa shape index (κ2) is 6.71. The molecule has 1 saturated heterocycles. The van der Waals surface area contributed by atoms with Gasteiger partial charge in [-0.25, -0.2) is 4.79 Å². The molecule has 1 rings (SSSR count). The lowest BCUT2D eigenvalue weighted by Crippen LogP contribution is -2.19. The van der Waals surface area contributed by atoms with E-state index in [4.69, 9.17) is 4.74 Å². The highest BCUT2D eigenvalue weighted by molar-refractivity contribution is 5.81. The van der Waals surface area contributed by atoms with E-state index < -0.39 is 18.2 Å². The minimum Gasteiger partial charge on any atom is -0.466 e. The Balaban J connectivity index is 2.56. The Labute approximate surface area is 108 Å². The summed E-state index contributed by atoms with van der Waals surface area (Å²) < 4.78 is 10.2. The first-order valence-corrected chi connectivity index (χ1v) is 6.24. The van der Waals surface area contributed by atoms with Gasteiger partial charge in [-0.3, -0.25) is 0 Å². The predicted molar refractivity (Wildman–Crippen MR) is 69.0 cm³/mol. The predicted octanol–water partition coefficient (Wildman–Crippen LogP) is 1.84. The molecule has 4 heteroatoms. The molecule has 0 bridgehead atoms. The van der Waals surface area contributed by atoms with Crippen molar-refractivity contribution in [3.63, 3.8) is 0 Å². The quantitative estimate of drug-likeness (QED) is 0.462. The molecule has 0 amide bonds. The Kier molecular flexibility index (Phi) is 5.56. The van der Waals surface area contributed by atoms with Crippen molar-refractivity contribution in [2.24, 2.45) is 5.92 Å². The van der Waals surface area contributed by atoms with Crippen molar-refractivity contribution in [1.29, 1.82) is 0 Å². The van der Waals surface area contributed by atoms with Crippen LogP contribution >= 0.6 is 0 Å². The molecule has 1 fully saturated rings. The number of aliphatic hydroxyl groups is 1. The van der Waals surface area contributed by atoms with Gasteiger partial charge in [-0.1, -0.05) is 20.4 Å². The first-order valence-electron chi connectivity index (χ1n) is 6.24. The Morgan fingerprint density at radius 1 is 1.61 bits per heavy atom. The fourth-order valence-electron chi connectivity index (χ4n) is 1.88. The van der Waals surface area contributed by atoms with Gasteiger partial charge in [-0.2, -0.15) is 0 Å². The van der Waals surface area contributed by atoms with Crippen LogP contribution in [0.3, 0.4) is 0 Å². The summed E-state index contributed by atoms with van der Waals surface area (Å²) in [6.45, 7) is 8.15. The minimum absolute atomic E-state index is 0.130. The molecule has 0 aromatic heterocycles. The molecule has 0 radical (unpaired) electrons. The van der Waals surface area contributed by atoms with Gasteiger partial charge in [0, 0.05) is 6.08 Å². The summed E-state index contributed by atoms with van der Waals surface area (Å²) in [6.07, 6.45) is 3.27. The van der Waals surface area contributed by atoms with Crippen LogP contribution in [0.5, 0.6) is 0 Å². The van der Waals surface area contributed by atoms with Gasteiger partial charge in [0.05, 0.1) is 13.2 Å². The third kappa shape index (κ3) is 3.96. The molecule has 1 heterocycles. The van der Waals surface area contributed by atoms with E-state index >= 15 is 0 Å². The van der Waals surface area contributed by atoms with Crippen LogP contribution < -0.4 is 0 Å². The number of hydrogen-bond donors (Lipinski definition) is 1. The molecule has 4 nitrogen and oxygen atoms in total. The van der Waals surface area contributed by atoms with E-state index in [1.54, 1.807) is 0 Å². The fraction of sp³-hybridized carbons (Fsp3) is 0.643. The SMILES string of the molecule is C=C1[C@H](CCC(C)C)O[C@@H](/C=C/C(=O)OC)[C@H]1O. The van der Waals surface area contributed by atoms with Gasteiger partial charge in [0.2, 0.25) is 0 Å². The molecule has 0 saturated carbocycles. The average Bonchev–Trinajstić information content (AvgIpc) is 2.61. The monoisotopic (exact) mass is 254 g/mol. The highest BCUT2D eigenvalue weighted by Gasteiger charge is 2.35. The summed E-state index contributed by atoms with van der Waals surface area (Å²) in [5.74, 6) is 0.130. The van der Waals surface area contributed by atoms with Crippen LogP contribution in [0.25, 0.3) is 0 Å². The van der Waals surface area contributed by atoms with Crippen molar-refractivity contribution in [2.45, 2.75) is 45.0 Å². The molecule has 102 valence electrons. The Morgan fingerprint density at radius 3 is 2.83 bits per heavy atom. The number of hydrogen-bond acceptors (Lipinski definition) is 4. The van der Waals surface area contributed by atoms with Gasteiger partial charge < -0.3 is 14.6 Å². The third-order valence-electron chi connectivity index (χ3n) is 3.06. The zero-order valence-electron chi connectivity index (χ0n) is 11.3. The van der Waals surface area contributed by atoms with Crippen molar-refractivity contribution >= 4 is 5.97 Å². The molecule has 1 aliphatic rings. The molecule has 1 aliphatic heterocycles. The molecule has 0 unspecified atom stereocenters.